The summed E-state index contributed by atoms with van der Waals surface area (Å²) in [6, 6.07) is 9.04. The third kappa shape index (κ3) is 5.57. The maximum atomic E-state index is 13.9. The number of ether oxygens (including phenoxy) is 2. The number of alkyl halides is 3. The molecule has 2 aromatic rings. The van der Waals surface area contributed by atoms with E-state index in [1.165, 1.54) is 32.4 Å². The third-order valence-corrected chi connectivity index (χ3v) is 5.43. The number of benzene rings is 2. The van der Waals surface area contributed by atoms with Gasteiger partial charge in [0.15, 0.2) is 11.5 Å². The molecular formula is C23H26F3N3O4. The second-order valence-corrected chi connectivity index (χ2v) is 7.58. The number of likely N-dealkylation sites (N-methyl/N-ethyl adjacent to an activating group) is 1. The molecule has 10 heteroatoms. The molecule has 1 aliphatic rings. The number of rotatable bonds is 7. The molecule has 0 saturated carbocycles. The van der Waals surface area contributed by atoms with Crippen molar-refractivity contribution >= 4 is 23.2 Å². The van der Waals surface area contributed by atoms with E-state index in [0.29, 0.717) is 29.5 Å². The monoisotopic (exact) mass is 465 g/mol. The summed E-state index contributed by atoms with van der Waals surface area (Å²) in [5.74, 6) is -0.478. The Morgan fingerprint density at radius 1 is 1.15 bits per heavy atom. The van der Waals surface area contributed by atoms with Crippen LogP contribution < -0.4 is 19.7 Å². The fourth-order valence-electron chi connectivity index (χ4n) is 3.78. The number of methoxy groups -OCH3 is 2. The van der Waals surface area contributed by atoms with Gasteiger partial charge in [0.1, 0.15) is 6.04 Å². The summed E-state index contributed by atoms with van der Waals surface area (Å²) in [4.78, 5) is 27.8. The molecule has 2 amide bonds. The van der Waals surface area contributed by atoms with Crippen LogP contribution in [0.4, 0.5) is 24.5 Å². The molecule has 0 spiro atoms. The van der Waals surface area contributed by atoms with Crippen molar-refractivity contribution in [3.63, 3.8) is 0 Å². The van der Waals surface area contributed by atoms with Crippen molar-refractivity contribution in [2.75, 3.05) is 37.5 Å². The van der Waals surface area contributed by atoms with Gasteiger partial charge in [-0.05, 0) is 36.4 Å². The zero-order valence-electron chi connectivity index (χ0n) is 18.6. The maximum absolute atomic E-state index is 13.9. The number of carbonyl (C=O) groups is 2. The van der Waals surface area contributed by atoms with E-state index in [4.69, 9.17) is 9.47 Å². The van der Waals surface area contributed by atoms with Gasteiger partial charge in [-0.25, -0.2) is 0 Å². The summed E-state index contributed by atoms with van der Waals surface area (Å²) < 4.78 is 52.2. The van der Waals surface area contributed by atoms with Crippen molar-refractivity contribution in [2.45, 2.75) is 32.1 Å². The Kier molecular flexibility index (Phi) is 7.47. The number of anilines is 2. The van der Waals surface area contributed by atoms with Gasteiger partial charge in [0.2, 0.25) is 11.8 Å². The standard InChI is InChI=1S/C23H26F3N3O4/c1-4-28(13-15-9-10-18(32-2)19(11-15)33-3)14-22(31)29-17-8-6-5-7-16(17)27-21(30)12-20(29)23(24,25)26/h5-11,20H,4,12-14H2,1-3H3,(H,27,30). The SMILES string of the molecule is CCN(CC(=O)N1c2ccccc2NC(=O)CC1C(F)(F)F)Cc1ccc(OC)c(OC)c1. The smallest absolute Gasteiger partial charge is 0.409 e. The predicted molar refractivity (Wildman–Crippen MR) is 118 cm³/mol. The van der Waals surface area contributed by atoms with Gasteiger partial charge >= 0.3 is 6.18 Å². The van der Waals surface area contributed by atoms with Crippen LogP contribution >= 0.6 is 0 Å². The molecule has 2 aromatic carbocycles. The van der Waals surface area contributed by atoms with E-state index in [1.807, 2.05) is 6.92 Å². The minimum absolute atomic E-state index is 0.0258. The molecule has 7 nitrogen and oxygen atoms in total. The van der Waals surface area contributed by atoms with Crippen molar-refractivity contribution in [1.29, 1.82) is 0 Å². The normalized spacial score (nSPS) is 16.2. The van der Waals surface area contributed by atoms with Gasteiger partial charge < -0.3 is 14.8 Å². The summed E-state index contributed by atoms with van der Waals surface area (Å²) in [6.45, 7) is 2.28. The quantitative estimate of drug-likeness (QED) is 0.673. The van der Waals surface area contributed by atoms with Crippen LogP contribution in [0.15, 0.2) is 42.5 Å². The van der Waals surface area contributed by atoms with Gasteiger partial charge in [-0.3, -0.25) is 19.4 Å². The van der Waals surface area contributed by atoms with Crippen LogP contribution in [0.3, 0.4) is 0 Å². The number of amides is 2. The fraction of sp³-hybridized carbons (Fsp3) is 0.391. The van der Waals surface area contributed by atoms with Crippen LogP contribution in [0.5, 0.6) is 11.5 Å². The predicted octanol–water partition coefficient (Wildman–Crippen LogP) is 3.83. The summed E-state index contributed by atoms with van der Waals surface area (Å²) in [5, 5.41) is 2.47. The first kappa shape index (κ1) is 24.4. The molecular weight excluding hydrogens is 439 g/mol. The lowest BCUT2D eigenvalue weighted by Crippen LogP contribution is -2.52. The molecule has 0 radical (unpaired) electrons. The number of nitrogens with zero attached hydrogens (tertiary/aromatic N) is 2. The highest BCUT2D eigenvalue weighted by Gasteiger charge is 2.49. The lowest BCUT2D eigenvalue weighted by atomic mass is 10.1. The topological polar surface area (TPSA) is 71.1 Å². The molecule has 1 N–H and O–H groups in total. The van der Waals surface area contributed by atoms with Crippen molar-refractivity contribution in [1.82, 2.24) is 4.90 Å². The van der Waals surface area contributed by atoms with Crippen molar-refractivity contribution in [3.05, 3.63) is 48.0 Å². The summed E-state index contributed by atoms with van der Waals surface area (Å²) in [7, 11) is 3.02. The van der Waals surface area contributed by atoms with Gasteiger partial charge in [0.05, 0.1) is 38.6 Å². The highest BCUT2D eigenvalue weighted by atomic mass is 19.4. The highest BCUT2D eigenvalue weighted by Crippen LogP contribution is 2.38. The Bertz CT molecular complexity index is 1010. The summed E-state index contributed by atoms with van der Waals surface area (Å²) in [5.41, 5.74) is 1.01. The molecule has 0 bridgehead atoms. The number of nitrogens with one attached hydrogen (secondary N) is 1. The largest absolute Gasteiger partial charge is 0.493 e. The molecule has 1 unspecified atom stereocenters. The number of halogens is 3. The molecule has 1 heterocycles. The number of hydrogen-bond donors (Lipinski definition) is 1. The van der Waals surface area contributed by atoms with Crippen molar-refractivity contribution in [3.8, 4) is 11.5 Å². The Morgan fingerprint density at radius 2 is 1.85 bits per heavy atom. The second-order valence-electron chi connectivity index (χ2n) is 7.58. The van der Waals surface area contributed by atoms with Gasteiger partial charge in [0, 0.05) is 6.54 Å². The number of carbonyl (C=O) groups excluding carboxylic acids is 2. The Labute approximate surface area is 190 Å². The minimum atomic E-state index is -4.77. The average Bonchev–Trinajstić information content (AvgIpc) is 2.94. The van der Waals surface area contributed by atoms with Crippen LogP contribution in [0.25, 0.3) is 0 Å². The molecule has 33 heavy (non-hydrogen) atoms. The van der Waals surface area contributed by atoms with Gasteiger partial charge in [0.25, 0.3) is 0 Å². The molecule has 0 saturated heterocycles. The Hall–Kier alpha value is -3.27. The van der Waals surface area contributed by atoms with E-state index in [9.17, 15) is 22.8 Å². The minimum Gasteiger partial charge on any atom is -0.493 e. The lowest BCUT2D eigenvalue weighted by molar-refractivity contribution is -0.158. The number of para-hydroxylation sites is 2. The molecule has 0 fully saturated rings. The van der Waals surface area contributed by atoms with Gasteiger partial charge in [-0.2, -0.15) is 13.2 Å². The van der Waals surface area contributed by atoms with E-state index in [2.05, 4.69) is 5.32 Å². The molecule has 1 atom stereocenters. The van der Waals surface area contributed by atoms with Crippen LogP contribution in [0, 0.1) is 0 Å². The molecule has 3 rings (SSSR count). The van der Waals surface area contributed by atoms with Gasteiger partial charge in [-0.1, -0.05) is 25.1 Å². The van der Waals surface area contributed by atoms with Crippen LogP contribution in [0.1, 0.15) is 18.9 Å². The van der Waals surface area contributed by atoms with Crippen LogP contribution in [-0.4, -0.2) is 56.2 Å². The van der Waals surface area contributed by atoms with Crippen LogP contribution in [0.2, 0.25) is 0 Å². The molecule has 1 aliphatic heterocycles. The van der Waals surface area contributed by atoms with Crippen molar-refractivity contribution in [2.24, 2.45) is 0 Å². The fourth-order valence-corrected chi connectivity index (χ4v) is 3.78. The Balaban J connectivity index is 1.88. The van der Waals surface area contributed by atoms with Crippen molar-refractivity contribution < 1.29 is 32.2 Å². The van der Waals surface area contributed by atoms with Gasteiger partial charge in [-0.15, -0.1) is 0 Å². The summed E-state index contributed by atoms with van der Waals surface area (Å²) >= 11 is 0. The maximum Gasteiger partial charge on any atom is 0.409 e. The van der Waals surface area contributed by atoms with E-state index < -0.39 is 30.5 Å². The average molecular weight is 465 g/mol. The third-order valence-electron chi connectivity index (χ3n) is 5.43. The van der Waals surface area contributed by atoms with E-state index in [1.54, 1.807) is 29.2 Å². The second kappa shape index (κ2) is 10.1. The molecule has 178 valence electrons. The molecule has 0 aromatic heterocycles. The first-order valence-electron chi connectivity index (χ1n) is 10.4. The summed E-state index contributed by atoms with van der Waals surface area (Å²) in [6.07, 6.45) is -5.64. The zero-order valence-corrected chi connectivity index (χ0v) is 18.6. The van der Waals surface area contributed by atoms with E-state index >= 15 is 0 Å². The molecule has 0 aliphatic carbocycles. The van der Waals surface area contributed by atoms with E-state index in [-0.39, 0.29) is 17.9 Å². The lowest BCUT2D eigenvalue weighted by Gasteiger charge is -2.33. The Morgan fingerprint density at radius 3 is 2.48 bits per heavy atom. The first-order chi connectivity index (χ1) is 15.7. The number of hydrogen-bond acceptors (Lipinski definition) is 5. The highest BCUT2D eigenvalue weighted by molar-refractivity contribution is 6.05. The van der Waals surface area contributed by atoms with Crippen LogP contribution in [-0.2, 0) is 16.1 Å². The first-order valence-corrected chi connectivity index (χ1v) is 10.4. The van der Waals surface area contributed by atoms with E-state index in [0.717, 1.165) is 5.56 Å². The number of fused-ring (bicyclic) bond motifs is 1. The zero-order chi connectivity index (χ0) is 24.2.